The summed E-state index contributed by atoms with van der Waals surface area (Å²) in [6.45, 7) is 2.06. The van der Waals surface area contributed by atoms with Crippen molar-refractivity contribution in [3.05, 3.63) is 64.1 Å². The van der Waals surface area contributed by atoms with E-state index in [1.807, 2.05) is 37.3 Å². The average molecular weight is 303 g/mol. The first-order chi connectivity index (χ1) is 10.7. The molecule has 0 aliphatic heterocycles. The number of nitrogens with zero attached hydrogens (tertiary/aromatic N) is 1. The van der Waals surface area contributed by atoms with Gasteiger partial charge in [-0.05, 0) is 12.0 Å². The van der Waals surface area contributed by atoms with Gasteiger partial charge < -0.3 is 19.1 Å². The topological polar surface area (TPSA) is 60.7 Å². The third kappa shape index (κ3) is 3.75. The summed E-state index contributed by atoms with van der Waals surface area (Å²) in [5.41, 5.74) is 1.24. The fourth-order valence-corrected chi connectivity index (χ4v) is 2.29. The lowest BCUT2D eigenvalue weighted by atomic mass is 10.2. The van der Waals surface area contributed by atoms with Gasteiger partial charge in [0.1, 0.15) is 12.8 Å². The maximum atomic E-state index is 12.1. The lowest BCUT2D eigenvalue weighted by molar-refractivity contribution is 0.0347. The van der Waals surface area contributed by atoms with E-state index in [1.165, 1.54) is 6.07 Å². The third-order valence-corrected chi connectivity index (χ3v) is 3.46. The summed E-state index contributed by atoms with van der Waals surface area (Å²) in [5, 5.41) is 9.43. The number of hydrogen-bond acceptors (Lipinski definition) is 4. The van der Waals surface area contributed by atoms with E-state index in [0.29, 0.717) is 18.7 Å². The van der Waals surface area contributed by atoms with Crippen LogP contribution in [-0.4, -0.2) is 16.8 Å². The maximum absolute atomic E-state index is 12.1. The first-order valence-corrected chi connectivity index (χ1v) is 7.25. The third-order valence-electron chi connectivity index (χ3n) is 3.46. The first kappa shape index (κ1) is 16.3. The van der Waals surface area contributed by atoms with Crippen LogP contribution in [0.4, 0.5) is 0 Å². The zero-order valence-corrected chi connectivity index (χ0v) is 12.9. The SMILES string of the molecule is CCC(OC)n1cc(OCc2ccccc2)c(=O)cc1CO. The molecule has 0 saturated carbocycles. The molecule has 1 N–H and O–H groups in total. The highest BCUT2D eigenvalue weighted by Crippen LogP contribution is 2.18. The molecule has 1 heterocycles. The van der Waals surface area contributed by atoms with Gasteiger partial charge in [-0.15, -0.1) is 0 Å². The van der Waals surface area contributed by atoms with E-state index < -0.39 is 0 Å². The van der Waals surface area contributed by atoms with Crippen molar-refractivity contribution in [3.63, 3.8) is 0 Å². The molecule has 0 aliphatic carbocycles. The van der Waals surface area contributed by atoms with Gasteiger partial charge in [0.25, 0.3) is 0 Å². The first-order valence-electron chi connectivity index (χ1n) is 7.25. The Morgan fingerprint density at radius 1 is 1.27 bits per heavy atom. The minimum Gasteiger partial charge on any atom is -0.483 e. The van der Waals surface area contributed by atoms with Crippen LogP contribution in [0.3, 0.4) is 0 Å². The normalized spacial score (nSPS) is 12.1. The number of benzene rings is 1. The molecule has 1 unspecified atom stereocenters. The second kappa shape index (κ2) is 7.77. The zero-order valence-electron chi connectivity index (χ0n) is 12.9. The molecule has 1 aromatic heterocycles. The molecule has 0 saturated heterocycles. The highest BCUT2D eigenvalue weighted by molar-refractivity contribution is 5.23. The van der Waals surface area contributed by atoms with Gasteiger partial charge >= 0.3 is 0 Å². The number of aromatic nitrogens is 1. The lowest BCUT2D eigenvalue weighted by Gasteiger charge is -2.21. The van der Waals surface area contributed by atoms with Crippen LogP contribution >= 0.6 is 0 Å². The van der Waals surface area contributed by atoms with Gasteiger partial charge in [-0.3, -0.25) is 4.79 Å². The molecule has 1 aromatic carbocycles. The van der Waals surface area contributed by atoms with Crippen LogP contribution in [0.25, 0.3) is 0 Å². The Bertz CT molecular complexity index is 647. The van der Waals surface area contributed by atoms with Crippen LogP contribution in [0, 0.1) is 0 Å². The van der Waals surface area contributed by atoms with Crippen LogP contribution in [0.5, 0.6) is 5.75 Å². The molecule has 5 nitrogen and oxygen atoms in total. The van der Waals surface area contributed by atoms with Crippen LogP contribution in [0.1, 0.15) is 30.8 Å². The van der Waals surface area contributed by atoms with Crippen LogP contribution in [0.2, 0.25) is 0 Å². The van der Waals surface area contributed by atoms with E-state index >= 15 is 0 Å². The lowest BCUT2D eigenvalue weighted by Crippen LogP contribution is -2.20. The van der Waals surface area contributed by atoms with Crippen molar-refractivity contribution in [2.45, 2.75) is 32.8 Å². The van der Waals surface area contributed by atoms with E-state index in [4.69, 9.17) is 9.47 Å². The van der Waals surface area contributed by atoms with Crippen molar-refractivity contribution in [2.75, 3.05) is 7.11 Å². The molecule has 22 heavy (non-hydrogen) atoms. The Kier molecular flexibility index (Phi) is 5.75. The minimum atomic E-state index is -0.248. The van der Waals surface area contributed by atoms with Gasteiger partial charge in [-0.2, -0.15) is 0 Å². The molecule has 5 heteroatoms. The highest BCUT2D eigenvalue weighted by Gasteiger charge is 2.14. The van der Waals surface area contributed by atoms with Crippen molar-refractivity contribution in [1.82, 2.24) is 4.57 Å². The monoisotopic (exact) mass is 303 g/mol. The number of ether oxygens (including phenoxy) is 2. The molecule has 0 radical (unpaired) electrons. The largest absolute Gasteiger partial charge is 0.483 e. The van der Waals surface area contributed by atoms with E-state index in [1.54, 1.807) is 17.9 Å². The quantitative estimate of drug-likeness (QED) is 0.853. The van der Waals surface area contributed by atoms with Crippen LogP contribution in [-0.2, 0) is 18.0 Å². The molecule has 2 aromatic rings. The minimum absolute atomic E-state index is 0.228. The second-order valence-electron chi connectivity index (χ2n) is 4.93. The fraction of sp³-hybridized carbons (Fsp3) is 0.353. The fourth-order valence-electron chi connectivity index (χ4n) is 2.29. The zero-order chi connectivity index (χ0) is 15.9. The smallest absolute Gasteiger partial charge is 0.223 e. The van der Waals surface area contributed by atoms with E-state index in [-0.39, 0.29) is 24.0 Å². The number of methoxy groups -OCH3 is 1. The van der Waals surface area contributed by atoms with Crippen molar-refractivity contribution in [3.8, 4) is 5.75 Å². The second-order valence-corrected chi connectivity index (χ2v) is 4.93. The molecule has 118 valence electrons. The Morgan fingerprint density at radius 2 is 2.00 bits per heavy atom. The summed E-state index contributed by atoms with van der Waals surface area (Å²) in [5.74, 6) is 0.247. The Morgan fingerprint density at radius 3 is 2.59 bits per heavy atom. The van der Waals surface area contributed by atoms with E-state index in [9.17, 15) is 9.90 Å². The van der Waals surface area contributed by atoms with Gasteiger partial charge in [0, 0.05) is 18.9 Å². The molecule has 0 fully saturated rings. The van der Waals surface area contributed by atoms with Gasteiger partial charge in [-0.25, -0.2) is 0 Å². The Balaban J connectivity index is 2.27. The molecule has 0 aliphatic rings. The number of hydrogen-bond donors (Lipinski definition) is 1. The predicted octanol–water partition coefficient (Wildman–Crippen LogP) is 2.47. The summed E-state index contributed by atoms with van der Waals surface area (Å²) in [6, 6.07) is 11.0. The maximum Gasteiger partial charge on any atom is 0.223 e. The van der Waals surface area contributed by atoms with Crippen molar-refractivity contribution in [1.29, 1.82) is 0 Å². The Labute approximate surface area is 129 Å². The molecule has 1 atom stereocenters. The molecule has 2 rings (SSSR count). The van der Waals surface area contributed by atoms with Gasteiger partial charge in [-0.1, -0.05) is 37.3 Å². The standard InChI is InChI=1S/C17H21NO4/c1-3-17(21-2)18-10-16(15(20)9-14(18)11-19)22-12-13-7-5-4-6-8-13/h4-10,17,19H,3,11-12H2,1-2H3. The molecule has 0 spiro atoms. The number of pyridine rings is 1. The van der Waals surface area contributed by atoms with Crippen molar-refractivity contribution >= 4 is 0 Å². The van der Waals surface area contributed by atoms with Crippen molar-refractivity contribution in [2.24, 2.45) is 0 Å². The summed E-state index contributed by atoms with van der Waals surface area (Å²) in [4.78, 5) is 12.1. The molecular weight excluding hydrogens is 282 g/mol. The Hall–Kier alpha value is -2.11. The predicted molar refractivity (Wildman–Crippen MR) is 83.7 cm³/mol. The van der Waals surface area contributed by atoms with Crippen LogP contribution in [0.15, 0.2) is 47.4 Å². The van der Waals surface area contributed by atoms with E-state index in [0.717, 1.165) is 5.56 Å². The average Bonchev–Trinajstić information content (AvgIpc) is 2.56. The van der Waals surface area contributed by atoms with Crippen molar-refractivity contribution < 1.29 is 14.6 Å². The van der Waals surface area contributed by atoms with Crippen LogP contribution < -0.4 is 10.2 Å². The number of rotatable bonds is 7. The number of aliphatic hydroxyl groups is 1. The number of aliphatic hydroxyl groups excluding tert-OH is 1. The highest BCUT2D eigenvalue weighted by atomic mass is 16.5. The summed E-state index contributed by atoms with van der Waals surface area (Å²) in [7, 11) is 1.60. The summed E-state index contributed by atoms with van der Waals surface area (Å²) in [6.07, 6.45) is 2.07. The van der Waals surface area contributed by atoms with Gasteiger partial charge in [0.2, 0.25) is 5.43 Å². The molecular formula is C17H21NO4. The van der Waals surface area contributed by atoms with Gasteiger partial charge in [0.15, 0.2) is 5.75 Å². The van der Waals surface area contributed by atoms with Gasteiger partial charge in [0.05, 0.1) is 12.8 Å². The van der Waals surface area contributed by atoms with E-state index in [2.05, 4.69) is 0 Å². The summed E-state index contributed by atoms with van der Waals surface area (Å²) < 4.78 is 12.7. The summed E-state index contributed by atoms with van der Waals surface area (Å²) >= 11 is 0. The molecule has 0 bridgehead atoms. The molecule has 0 amide bonds.